The third-order valence-electron chi connectivity index (χ3n) is 6.06. The minimum absolute atomic E-state index is 0.0430. The Balaban J connectivity index is 1.92. The van der Waals surface area contributed by atoms with Gasteiger partial charge in [0, 0.05) is 40.7 Å². The molecule has 168 valence electrons. The van der Waals surface area contributed by atoms with E-state index in [1.54, 1.807) is 44.3 Å². The van der Waals surface area contributed by atoms with Gasteiger partial charge in [0.05, 0.1) is 35.9 Å². The standard InChI is InChI=1S/C23H31N3O5/c1-15-13-25(2)23(28)18-7-5-6-16(12-24)21(18)30-11-10-17-8-9-19(29-4)20(31-17)14-26(3)22(15)27/h5-7,15,17,19-20H,8-11,13-14H2,1-4H3/t15-,17-,19-,20+/m0/s1. The van der Waals surface area contributed by atoms with Crippen LogP contribution in [0.3, 0.4) is 0 Å². The second-order valence-corrected chi connectivity index (χ2v) is 8.38. The summed E-state index contributed by atoms with van der Waals surface area (Å²) in [4.78, 5) is 29.2. The van der Waals surface area contributed by atoms with E-state index in [1.165, 1.54) is 4.90 Å². The summed E-state index contributed by atoms with van der Waals surface area (Å²) in [5.74, 6) is -0.445. The maximum absolute atomic E-state index is 13.1. The minimum Gasteiger partial charge on any atom is -0.491 e. The summed E-state index contributed by atoms with van der Waals surface area (Å²) in [5, 5.41) is 9.51. The summed E-state index contributed by atoms with van der Waals surface area (Å²) in [6.07, 6.45) is 1.93. The normalized spacial score (nSPS) is 28.1. The molecule has 31 heavy (non-hydrogen) atoms. The molecule has 1 saturated heterocycles. The predicted octanol–water partition coefficient (Wildman–Crippen LogP) is 2.07. The van der Waals surface area contributed by atoms with Gasteiger partial charge in [-0.15, -0.1) is 0 Å². The third-order valence-corrected chi connectivity index (χ3v) is 6.06. The Hall–Kier alpha value is -2.63. The van der Waals surface area contributed by atoms with Gasteiger partial charge in [0.25, 0.3) is 5.91 Å². The fraction of sp³-hybridized carbons (Fsp3) is 0.609. The van der Waals surface area contributed by atoms with E-state index >= 15 is 0 Å². The molecule has 2 amide bonds. The summed E-state index contributed by atoms with van der Waals surface area (Å²) >= 11 is 0. The number of carbonyl (C=O) groups is 2. The van der Waals surface area contributed by atoms with E-state index in [-0.39, 0.29) is 42.4 Å². The van der Waals surface area contributed by atoms with E-state index in [1.807, 2.05) is 6.92 Å². The average Bonchev–Trinajstić information content (AvgIpc) is 2.77. The average molecular weight is 430 g/mol. The number of carbonyl (C=O) groups excluding carboxylic acids is 2. The lowest BCUT2D eigenvalue weighted by molar-refractivity contribution is -0.152. The van der Waals surface area contributed by atoms with Crippen LogP contribution in [0.5, 0.6) is 5.75 Å². The van der Waals surface area contributed by atoms with Crippen LogP contribution in [0.1, 0.15) is 42.1 Å². The molecule has 0 radical (unpaired) electrons. The lowest BCUT2D eigenvalue weighted by Gasteiger charge is -2.38. The van der Waals surface area contributed by atoms with Gasteiger partial charge in [-0.1, -0.05) is 13.0 Å². The van der Waals surface area contributed by atoms with Gasteiger partial charge < -0.3 is 24.0 Å². The van der Waals surface area contributed by atoms with Crippen molar-refractivity contribution in [3.05, 3.63) is 29.3 Å². The van der Waals surface area contributed by atoms with Crippen LogP contribution < -0.4 is 4.74 Å². The molecule has 2 aliphatic heterocycles. The molecule has 0 aliphatic carbocycles. The number of rotatable bonds is 1. The van der Waals surface area contributed by atoms with Crippen molar-refractivity contribution in [3.8, 4) is 11.8 Å². The lowest BCUT2D eigenvalue weighted by atomic mass is 9.98. The maximum Gasteiger partial charge on any atom is 0.257 e. The van der Waals surface area contributed by atoms with Crippen LogP contribution >= 0.6 is 0 Å². The van der Waals surface area contributed by atoms with Crippen LogP contribution in [0, 0.1) is 17.2 Å². The zero-order valence-electron chi connectivity index (χ0n) is 18.7. The number of ether oxygens (including phenoxy) is 3. The fourth-order valence-electron chi connectivity index (χ4n) is 4.34. The molecule has 2 heterocycles. The monoisotopic (exact) mass is 429 g/mol. The van der Waals surface area contributed by atoms with Crippen LogP contribution in [0.25, 0.3) is 0 Å². The topological polar surface area (TPSA) is 92.1 Å². The SMILES string of the molecule is CO[C@H]1CC[C@H]2CCOc3c(C#N)cccc3C(=O)N(C)C[C@H](C)C(=O)N(C)C[C@H]1O2. The molecule has 0 spiro atoms. The van der Waals surface area contributed by atoms with E-state index in [0.717, 1.165) is 12.8 Å². The Bertz CT molecular complexity index is 852. The molecule has 0 saturated carbocycles. The molecule has 2 aliphatic rings. The lowest BCUT2D eigenvalue weighted by Crippen LogP contribution is -2.49. The zero-order valence-corrected chi connectivity index (χ0v) is 18.7. The largest absolute Gasteiger partial charge is 0.491 e. The molecule has 3 rings (SSSR count). The van der Waals surface area contributed by atoms with Crippen LogP contribution in [-0.4, -0.2) is 80.8 Å². The number of hydrogen-bond acceptors (Lipinski definition) is 6. The molecule has 4 atom stereocenters. The van der Waals surface area contributed by atoms with Crippen molar-refractivity contribution < 1.29 is 23.8 Å². The van der Waals surface area contributed by atoms with E-state index in [0.29, 0.717) is 30.7 Å². The van der Waals surface area contributed by atoms with Crippen molar-refractivity contribution in [1.82, 2.24) is 9.80 Å². The van der Waals surface area contributed by atoms with E-state index in [2.05, 4.69) is 6.07 Å². The van der Waals surface area contributed by atoms with E-state index < -0.39 is 5.92 Å². The van der Waals surface area contributed by atoms with Gasteiger partial charge in [0.15, 0.2) is 0 Å². The second-order valence-electron chi connectivity index (χ2n) is 8.38. The Kier molecular flexibility index (Phi) is 7.52. The van der Waals surface area contributed by atoms with Gasteiger partial charge in [-0.25, -0.2) is 0 Å². The first-order chi connectivity index (χ1) is 14.8. The first kappa shape index (κ1) is 23.0. The number of nitriles is 1. The van der Waals surface area contributed by atoms with E-state index in [4.69, 9.17) is 14.2 Å². The smallest absolute Gasteiger partial charge is 0.257 e. The summed E-state index contributed by atoms with van der Waals surface area (Å²) < 4.78 is 17.8. The van der Waals surface area contributed by atoms with Gasteiger partial charge in [0.2, 0.25) is 5.91 Å². The molecular weight excluding hydrogens is 398 g/mol. The number of fused-ring (bicyclic) bond motifs is 3. The number of para-hydroxylation sites is 1. The highest BCUT2D eigenvalue weighted by Gasteiger charge is 2.34. The molecule has 1 aromatic carbocycles. The minimum atomic E-state index is -0.395. The predicted molar refractivity (Wildman–Crippen MR) is 114 cm³/mol. The van der Waals surface area contributed by atoms with Crippen molar-refractivity contribution in [2.24, 2.45) is 5.92 Å². The van der Waals surface area contributed by atoms with Crippen molar-refractivity contribution in [3.63, 3.8) is 0 Å². The number of hydrogen-bond donors (Lipinski definition) is 0. The summed E-state index contributed by atoms with van der Waals surface area (Å²) in [5.41, 5.74) is 0.639. The Morgan fingerprint density at radius 2 is 1.90 bits per heavy atom. The quantitative estimate of drug-likeness (QED) is 0.679. The van der Waals surface area contributed by atoms with Gasteiger partial charge in [-0.05, 0) is 25.0 Å². The molecule has 0 aromatic heterocycles. The summed E-state index contributed by atoms with van der Waals surface area (Å²) in [6.45, 7) is 2.81. The maximum atomic E-state index is 13.1. The highest BCUT2D eigenvalue weighted by Crippen LogP contribution is 2.28. The highest BCUT2D eigenvalue weighted by molar-refractivity contribution is 5.97. The van der Waals surface area contributed by atoms with Gasteiger partial charge in [0.1, 0.15) is 17.9 Å². The molecule has 2 bridgehead atoms. The third kappa shape index (κ3) is 5.17. The van der Waals surface area contributed by atoms with Crippen LogP contribution in [0.4, 0.5) is 0 Å². The number of nitrogens with zero attached hydrogens (tertiary/aromatic N) is 3. The van der Waals surface area contributed by atoms with Crippen molar-refractivity contribution in [1.29, 1.82) is 5.26 Å². The molecule has 1 fully saturated rings. The Labute approximate surface area is 183 Å². The van der Waals surface area contributed by atoms with Crippen LogP contribution in [0.15, 0.2) is 18.2 Å². The summed E-state index contributed by atoms with van der Waals surface area (Å²) in [7, 11) is 5.08. The first-order valence-electron chi connectivity index (χ1n) is 10.7. The van der Waals surface area contributed by atoms with Crippen molar-refractivity contribution >= 4 is 11.8 Å². The van der Waals surface area contributed by atoms with E-state index in [9.17, 15) is 14.9 Å². The number of methoxy groups -OCH3 is 1. The highest BCUT2D eigenvalue weighted by atomic mass is 16.5. The second kappa shape index (κ2) is 10.1. The molecule has 8 heteroatoms. The van der Waals surface area contributed by atoms with Crippen molar-refractivity contribution in [2.45, 2.75) is 44.5 Å². The molecule has 8 nitrogen and oxygen atoms in total. The van der Waals surface area contributed by atoms with Gasteiger partial charge in [-0.2, -0.15) is 5.26 Å². The zero-order chi connectivity index (χ0) is 22.5. The van der Waals surface area contributed by atoms with Crippen LogP contribution in [0.2, 0.25) is 0 Å². The van der Waals surface area contributed by atoms with Gasteiger partial charge >= 0.3 is 0 Å². The Morgan fingerprint density at radius 1 is 1.13 bits per heavy atom. The van der Waals surface area contributed by atoms with Crippen molar-refractivity contribution in [2.75, 3.05) is 40.9 Å². The first-order valence-corrected chi connectivity index (χ1v) is 10.7. The number of amides is 2. The Morgan fingerprint density at radius 3 is 2.61 bits per heavy atom. The summed E-state index contributed by atoms with van der Waals surface area (Å²) in [6, 6.07) is 7.07. The fourth-order valence-corrected chi connectivity index (χ4v) is 4.34. The number of likely N-dealkylation sites (N-methyl/N-ethyl adjacent to an activating group) is 1. The van der Waals surface area contributed by atoms with Gasteiger partial charge in [-0.3, -0.25) is 9.59 Å². The molecule has 0 unspecified atom stereocenters. The molecule has 1 aromatic rings. The van der Waals surface area contributed by atoms with Crippen LogP contribution in [-0.2, 0) is 14.3 Å². The number of benzene rings is 1. The molecular formula is C23H31N3O5. The molecule has 0 N–H and O–H groups in total.